The van der Waals surface area contributed by atoms with Gasteiger partial charge in [-0.05, 0) is 44.9 Å². The van der Waals surface area contributed by atoms with Crippen molar-refractivity contribution < 1.29 is 64.6 Å². The molecule has 2 saturated heterocycles. The van der Waals surface area contributed by atoms with Crippen LogP contribution in [0.2, 0.25) is 0 Å². The first-order valence-corrected chi connectivity index (χ1v) is 27.6. The van der Waals surface area contributed by atoms with Gasteiger partial charge in [-0.15, -0.1) is 0 Å². The van der Waals surface area contributed by atoms with Gasteiger partial charge in [0.15, 0.2) is 12.6 Å². The normalized spacial score (nSPS) is 26.5. The third-order valence-corrected chi connectivity index (χ3v) is 13.6. The maximum Gasteiger partial charge on any atom is 0.220 e. The molecule has 0 aromatic carbocycles. The van der Waals surface area contributed by atoms with E-state index in [1.165, 1.54) is 154 Å². The second kappa shape index (κ2) is 41.0. The summed E-state index contributed by atoms with van der Waals surface area (Å²) in [5.74, 6) is -0.240. The molecule has 2 aliphatic rings. The molecule has 2 rings (SSSR count). The van der Waals surface area contributed by atoms with Gasteiger partial charge in [-0.2, -0.15) is 0 Å². The number of aliphatic hydroxyl groups is 8. The first kappa shape index (κ1) is 62.6. The number of allylic oxidation sites excluding steroid dienone is 3. The molecule has 2 heterocycles. The van der Waals surface area contributed by atoms with Crippen molar-refractivity contribution in [1.29, 1.82) is 0 Å². The van der Waals surface area contributed by atoms with Crippen molar-refractivity contribution in [3.05, 3.63) is 24.3 Å². The molecule has 4 unspecified atom stereocenters. The van der Waals surface area contributed by atoms with Crippen molar-refractivity contribution in [3.63, 3.8) is 0 Å². The minimum Gasteiger partial charge on any atom is -0.394 e. The van der Waals surface area contributed by atoms with Crippen LogP contribution < -0.4 is 5.32 Å². The summed E-state index contributed by atoms with van der Waals surface area (Å²) in [6.07, 6.45) is 29.3. The Morgan fingerprint density at radius 2 is 0.926 bits per heavy atom. The van der Waals surface area contributed by atoms with Crippen molar-refractivity contribution in [2.75, 3.05) is 19.8 Å². The summed E-state index contributed by atoms with van der Waals surface area (Å²) < 4.78 is 22.7. The molecule has 0 bridgehead atoms. The van der Waals surface area contributed by atoms with E-state index in [9.17, 15) is 45.6 Å². The lowest BCUT2D eigenvalue weighted by Gasteiger charge is -2.46. The smallest absolute Gasteiger partial charge is 0.220 e. The van der Waals surface area contributed by atoms with Crippen LogP contribution in [0, 0.1) is 0 Å². The highest BCUT2D eigenvalue weighted by Crippen LogP contribution is 2.30. The minimum absolute atomic E-state index is 0.240. The van der Waals surface area contributed by atoms with Crippen LogP contribution in [-0.2, 0) is 23.7 Å². The standard InChI is InChI=1S/C54H101NO13/c1-3-5-7-9-11-13-15-17-18-19-20-21-22-23-24-26-28-30-32-34-36-38-46(59)55-42(43(58)37-35-33-31-29-27-25-16-14-12-10-8-6-4-2)41-65-53-51(64)49(62)52(45(40-57)67-53)68-54-50(63)48(61)47(60)44(39-56)66-54/h17-18,35,37,42-45,47-54,56-58,60-64H,3-16,19-34,36,38-41H2,1-2H3,(H,55,59)/b18-17-,37-35+/t42-,43+,44?,45?,47-,48-,49+,50?,51?,52+,53+,54-/m0/s1. The Bertz CT molecular complexity index is 1240. The maximum absolute atomic E-state index is 13.2. The lowest BCUT2D eigenvalue weighted by molar-refractivity contribution is -0.359. The number of nitrogens with one attached hydrogen (secondary N) is 1. The molecule has 14 nitrogen and oxygen atoms in total. The fraction of sp³-hybridized carbons (Fsp3) is 0.907. The van der Waals surface area contributed by atoms with E-state index in [0.29, 0.717) is 6.42 Å². The van der Waals surface area contributed by atoms with Crippen LogP contribution in [-0.4, -0.2) is 140 Å². The third kappa shape index (κ3) is 27.3. The molecule has 0 aromatic rings. The molecule has 9 N–H and O–H groups in total. The second-order valence-electron chi connectivity index (χ2n) is 19.7. The zero-order valence-electron chi connectivity index (χ0n) is 42.6. The van der Waals surface area contributed by atoms with Crippen molar-refractivity contribution in [3.8, 4) is 0 Å². The van der Waals surface area contributed by atoms with Gasteiger partial charge in [0.25, 0.3) is 0 Å². The molecule has 14 heteroatoms. The predicted molar refractivity (Wildman–Crippen MR) is 268 cm³/mol. The molecule has 2 aliphatic heterocycles. The Labute approximate surface area is 411 Å². The van der Waals surface area contributed by atoms with Gasteiger partial charge in [0.1, 0.15) is 48.8 Å². The number of aliphatic hydroxyl groups excluding tert-OH is 8. The lowest BCUT2D eigenvalue weighted by atomic mass is 9.97. The van der Waals surface area contributed by atoms with E-state index in [1.54, 1.807) is 6.08 Å². The molecule has 400 valence electrons. The van der Waals surface area contributed by atoms with E-state index in [1.807, 2.05) is 6.08 Å². The van der Waals surface area contributed by atoms with Gasteiger partial charge in [-0.3, -0.25) is 4.79 Å². The number of carbonyl (C=O) groups is 1. The van der Waals surface area contributed by atoms with Crippen LogP contribution in [0.15, 0.2) is 24.3 Å². The number of carbonyl (C=O) groups excluding carboxylic acids is 1. The van der Waals surface area contributed by atoms with E-state index in [4.69, 9.17) is 18.9 Å². The number of ether oxygens (including phenoxy) is 4. The largest absolute Gasteiger partial charge is 0.394 e. The summed E-state index contributed by atoms with van der Waals surface area (Å²) in [5, 5.41) is 86.8. The molecule has 0 saturated carbocycles. The van der Waals surface area contributed by atoms with E-state index in [-0.39, 0.29) is 18.9 Å². The highest BCUT2D eigenvalue weighted by atomic mass is 16.7. The number of hydrogen-bond donors (Lipinski definition) is 9. The molecular formula is C54H101NO13. The Hall–Kier alpha value is -1.53. The molecule has 0 aromatic heterocycles. The quantitative estimate of drug-likeness (QED) is 0.0208. The van der Waals surface area contributed by atoms with Gasteiger partial charge in [0.05, 0.1) is 32.0 Å². The SMILES string of the molecule is CCCCCCCC/C=C\CCCCCCCCCCCCCC(=O)N[C@@H](CO[C@@H]1OC(CO)[C@@H](O[C@@H]2OC(CO)[C@H](O)[C@H](O)C2O)[C@H](O)C1O)[C@H](O)/C=C/CCCCCCCCCCCCC. The highest BCUT2D eigenvalue weighted by molar-refractivity contribution is 5.76. The van der Waals surface area contributed by atoms with Gasteiger partial charge < -0.3 is 65.1 Å². The van der Waals surface area contributed by atoms with Crippen molar-refractivity contribution in [2.24, 2.45) is 0 Å². The zero-order chi connectivity index (χ0) is 49.6. The molecule has 2 fully saturated rings. The van der Waals surface area contributed by atoms with Crippen LogP contribution in [0.3, 0.4) is 0 Å². The number of amides is 1. The summed E-state index contributed by atoms with van der Waals surface area (Å²) >= 11 is 0. The van der Waals surface area contributed by atoms with Crippen LogP contribution in [0.1, 0.15) is 219 Å². The molecular weight excluding hydrogens is 871 g/mol. The zero-order valence-corrected chi connectivity index (χ0v) is 42.6. The summed E-state index contributed by atoms with van der Waals surface area (Å²) in [6, 6.07) is -0.911. The topological polar surface area (TPSA) is 228 Å². The molecule has 0 spiro atoms. The number of rotatable bonds is 43. The van der Waals surface area contributed by atoms with Gasteiger partial charge in [-0.1, -0.05) is 192 Å². The van der Waals surface area contributed by atoms with Crippen molar-refractivity contribution in [2.45, 2.75) is 293 Å². The van der Waals surface area contributed by atoms with Gasteiger partial charge >= 0.3 is 0 Å². The Morgan fingerprint density at radius 1 is 0.515 bits per heavy atom. The first-order chi connectivity index (χ1) is 33.1. The van der Waals surface area contributed by atoms with E-state index in [2.05, 4.69) is 31.3 Å². The van der Waals surface area contributed by atoms with Crippen molar-refractivity contribution in [1.82, 2.24) is 5.32 Å². The highest BCUT2D eigenvalue weighted by Gasteiger charge is 2.51. The lowest BCUT2D eigenvalue weighted by Crippen LogP contribution is -2.65. The Kier molecular flexibility index (Phi) is 37.7. The van der Waals surface area contributed by atoms with Gasteiger partial charge in [0.2, 0.25) is 5.91 Å². The van der Waals surface area contributed by atoms with Crippen LogP contribution >= 0.6 is 0 Å². The van der Waals surface area contributed by atoms with E-state index < -0.39 is 86.8 Å². The van der Waals surface area contributed by atoms with Gasteiger partial charge in [-0.25, -0.2) is 0 Å². The van der Waals surface area contributed by atoms with Crippen molar-refractivity contribution >= 4 is 5.91 Å². The van der Waals surface area contributed by atoms with Crippen LogP contribution in [0.5, 0.6) is 0 Å². The maximum atomic E-state index is 13.2. The van der Waals surface area contributed by atoms with Crippen LogP contribution in [0.4, 0.5) is 0 Å². The molecule has 12 atom stereocenters. The fourth-order valence-electron chi connectivity index (χ4n) is 9.11. The fourth-order valence-corrected chi connectivity index (χ4v) is 9.11. The van der Waals surface area contributed by atoms with Gasteiger partial charge in [0, 0.05) is 6.42 Å². The average molecular weight is 972 g/mol. The predicted octanol–water partition coefficient (Wildman–Crippen LogP) is 8.11. The first-order valence-electron chi connectivity index (χ1n) is 27.6. The van der Waals surface area contributed by atoms with Crippen LogP contribution in [0.25, 0.3) is 0 Å². The molecule has 68 heavy (non-hydrogen) atoms. The summed E-state index contributed by atoms with van der Waals surface area (Å²) in [5.41, 5.74) is 0. The molecule has 1 amide bonds. The van der Waals surface area contributed by atoms with E-state index in [0.717, 1.165) is 38.5 Å². The number of hydrogen-bond acceptors (Lipinski definition) is 13. The second-order valence-corrected chi connectivity index (χ2v) is 19.7. The van der Waals surface area contributed by atoms with E-state index >= 15 is 0 Å². The summed E-state index contributed by atoms with van der Waals surface area (Å²) in [7, 11) is 0. The monoisotopic (exact) mass is 972 g/mol. The minimum atomic E-state index is -1.79. The summed E-state index contributed by atoms with van der Waals surface area (Å²) in [6.45, 7) is 2.79. The average Bonchev–Trinajstić information content (AvgIpc) is 3.34. The Morgan fingerprint density at radius 3 is 1.40 bits per heavy atom. The molecule has 0 radical (unpaired) electrons. The third-order valence-electron chi connectivity index (χ3n) is 13.6. The number of unbranched alkanes of at least 4 members (excludes halogenated alkanes) is 28. The molecule has 0 aliphatic carbocycles. The summed E-state index contributed by atoms with van der Waals surface area (Å²) in [4.78, 5) is 13.2. The Balaban J connectivity index is 1.78.